The summed E-state index contributed by atoms with van der Waals surface area (Å²) in [5.74, 6) is 0.186. The van der Waals surface area contributed by atoms with Gasteiger partial charge in [-0.1, -0.05) is 20.8 Å². The Morgan fingerprint density at radius 1 is 0.789 bits per heavy atom. The summed E-state index contributed by atoms with van der Waals surface area (Å²) < 4.78 is 29.4. The quantitative estimate of drug-likeness (QED) is 0.0767. The molecule has 0 aromatic carbocycles. The number of epoxide rings is 1. The molecule has 0 aromatic rings. The van der Waals surface area contributed by atoms with Crippen molar-refractivity contribution < 1.29 is 85.0 Å². The predicted molar refractivity (Wildman–Crippen MR) is 195 cm³/mol. The van der Waals surface area contributed by atoms with Gasteiger partial charge in [0.05, 0.1) is 48.8 Å². The van der Waals surface area contributed by atoms with E-state index in [1.165, 1.54) is 13.8 Å². The van der Waals surface area contributed by atoms with Gasteiger partial charge < -0.3 is 85.0 Å². The molecule has 0 unspecified atom stereocenters. The second-order valence-corrected chi connectivity index (χ2v) is 20.0. The van der Waals surface area contributed by atoms with Gasteiger partial charge in [-0.05, 0) is 81.5 Å². The number of fused-ring (bicyclic) bond motifs is 8. The third-order valence-corrected chi connectivity index (χ3v) is 16.6. The van der Waals surface area contributed by atoms with Gasteiger partial charge in [-0.2, -0.15) is 0 Å². The van der Waals surface area contributed by atoms with Gasteiger partial charge in [0.2, 0.25) is 0 Å². The lowest BCUT2D eigenvalue weighted by Gasteiger charge is -2.64. The fourth-order valence-corrected chi connectivity index (χ4v) is 12.4. The van der Waals surface area contributed by atoms with Gasteiger partial charge >= 0.3 is 0 Å². The molecule has 24 atom stereocenters. The summed E-state index contributed by atoms with van der Waals surface area (Å²) in [7, 11) is 0. The van der Waals surface area contributed by atoms with E-state index in [2.05, 4.69) is 6.92 Å². The number of aliphatic hydroxyl groups excluding tert-OH is 9. The highest BCUT2D eigenvalue weighted by Crippen LogP contribution is 2.73. The van der Waals surface area contributed by atoms with Crippen molar-refractivity contribution in [3.63, 3.8) is 0 Å². The van der Waals surface area contributed by atoms with Crippen LogP contribution in [0.15, 0.2) is 0 Å². The van der Waals surface area contributed by atoms with E-state index in [1.54, 1.807) is 6.92 Å². The molecule has 12 N–H and O–H groups in total. The Morgan fingerprint density at radius 2 is 1.40 bits per heavy atom. The molecule has 17 heteroatoms. The molecule has 4 saturated carbocycles. The van der Waals surface area contributed by atoms with E-state index in [0.717, 1.165) is 25.7 Å². The van der Waals surface area contributed by atoms with Crippen LogP contribution in [-0.2, 0) is 23.7 Å². The first kappa shape index (κ1) is 44.4. The van der Waals surface area contributed by atoms with Gasteiger partial charge in [0, 0.05) is 24.7 Å². The average Bonchev–Trinajstić information content (AvgIpc) is 3.87. The summed E-state index contributed by atoms with van der Waals surface area (Å²) in [5.41, 5.74) is -5.52. The number of aliphatic hydroxyl groups is 12. The molecule has 0 bridgehead atoms. The summed E-state index contributed by atoms with van der Waals surface area (Å²) in [6.45, 7) is 9.67. The maximum atomic E-state index is 12.7. The van der Waals surface area contributed by atoms with Crippen molar-refractivity contribution in [2.24, 2.45) is 40.4 Å². The highest BCUT2D eigenvalue weighted by atomic mass is 16.7. The summed E-state index contributed by atoms with van der Waals surface area (Å²) in [6.07, 6.45) is -15.9. The zero-order valence-corrected chi connectivity index (χ0v) is 33.8. The van der Waals surface area contributed by atoms with Crippen LogP contribution in [0.25, 0.3) is 0 Å². The minimum absolute atomic E-state index is 0.0361. The third-order valence-electron chi connectivity index (χ3n) is 16.6. The first-order valence-corrected chi connectivity index (χ1v) is 20.9. The van der Waals surface area contributed by atoms with E-state index in [4.69, 9.17) is 23.7 Å². The Hall–Kier alpha value is -0.680. The highest BCUT2D eigenvalue weighted by Gasteiger charge is 2.78. The standard InChI is InChI=1S/C40H68O17/c1-16(21(42)13-38(5,51)36(2,3)50)18-7-8-19-25-20(9-10-37(18,19)4)39(6)24(43)11-17(12-40(39,52)33-32(25)57-33)54-35-31(49)29(47)27(45)23(56-35)15-53-34-30(48)28(46)26(44)22(14-41)55-34/h16-35,41-52H,7-15H2,1-6H3/t16-,17-,18+,19+,20-,21+,22-,23+,24-,25-,26-,27+,28-,29-,30+,31+,32-,33-,34-,35+,37+,38+,39-,40-/m0/s1. The molecular weight excluding hydrogens is 752 g/mol. The lowest BCUT2D eigenvalue weighted by molar-refractivity contribution is -0.344. The second-order valence-electron chi connectivity index (χ2n) is 20.0. The average molecular weight is 821 g/mol. The van der Waals surface area contributed by atoms with Gasteiger partial charge in [-0.3, -0.25) is 0 Å². The third kappa shape index (κ3) is 7.05. The molecule has 0 aromatic heterocycles. The Morgan fingerprint density at radius 3 is 2.04 bits per heavy atom. The predicted octanol–water partition coefficient (Wildman–Crippen LogP) is -2.36. The summed E-state index contributed by atoms with van der Waals surface area (Å²) in [6, 6.07) is 0. The molecule has 330 valence electrons. The number of rotatable bonds is 11. The van der Waals surface area contributed by atoms with Crippen LogP contribution in [0.3, 0.4) is 0 Å². The molecule has 57 heavy (non-hydrogen) atoms. The van der Waals surface area contributed by atoms with Crippen molar-refractivity contribution >= 4 is 0 Å². The van der Waals surface area contributed by atoms with Gasteiger partial charge in [-0.25, -0.2) is 0 Å². The summed E-state index contributed by atoms with van der Waals surface area (Å²) >= 11 is 0. The van der Waals surface area contributed by atoms with Crippen LogP contribution in [0.5, 0.6) is 0 Å². The fraction of sp³-hybridized carbons (Fsp3) is 1.00. The maximum Gasteiger partial charge on any atom is 0.186 e. The van der Waals surface area contributed by atoms with Crippen LogP contribution in [0.2, 0.25) is 0 Å². The van der Waals surface area contributed by atoms with Gasteiger partial charge in [0.1, 0.15) is 60.5 Å². The Balaban J connectivity index is 1.02. The van der Waals surface area contributed by atoms with E-state index in [1.807, 2.05) is 13.8 Å². The lowest BCUT2D eigenvalue weighted by atomic mass is 9.42. The minimum Gasteiger partial charge on any atom is -0.394 e. The van der Waals surface area contributed by atoms with Crippen molar-refractivity contribution in [2.45, 2.75) is 195 Å². The zero-order valence-electron chi connectivity index (χ0n) is 33.8. The molecular formula is C40H68O17. The van der Waals surface area contributed by atoms with Crippen molar-refractivity contribution in [2.75, 3.05) is 13.2 Å². The SMILES string of the molecule is C[C@H]([C@H](O)C[C@@](C)(O)C(C)(C)O)[C@H]1CC[C@@H]2[C@@H]3[C@@H]4O[C@@H]4[C@@]4(O)C[C@@H](O[C@@H]5O[C@H](CO[C@H]6O[C@@H](CO)[C@H](O)[C@H](O)[C@H]6O)[C@@H](O)[C@H](O)[C@H]5O)C[C@H](O)[C@]4(C)[C@H]3CC[C@]12C. The van der Waals surface area contributed by atoms with Crippen molar-refractivity contribution in [3.8, 4) is 0 Å². The lowest BCUT2D eigenvalue weighted by Crippen LogP contribution is -2.71. The van der Waals surface area contributed by atoms with Crippen molar-refractivity contribution in [1.29, 1.82) is 0 Å². The van der Waals surface area contributed by atoms with Gasteiger partial charge in [0.15, 0.2) is 12.6 Å². The van der Waals surface area contributed by atoms with Gasteiger partial charge in [0.25, 0.3) is 0 Å². The largest absolute Gasteiger partial charge is 0.394 e. The van der Waals surface area contributed by atoms with E-state index in [0.29, 0.717) is 0 Å². The number of hydrogen-bond donors (Lipinski definition) is 12. The molecule has 3 heterocycles. The van der Waals surface area contributed by atoms with E-state index in [-0.39, 0.29) is 60.4 Å². The zero-order chi connectivity index (χ0) is 41.9. The monoisotopic (exact) mass is 820 g/mol. The number of hydrogen-bond acceptors (Lipinski definition) is 17. The fourth-order valence-electron chi connectivity index (χ4n) is 12.4. The van der Waals surface area contributed by atoms with Crippen LogP contribution >= 0.6 is 0 Å². The first-order chi connectivity index (χ1) is 26.4. The van der Waals surface area contributed by atoms with Crippen LogP contribution in [0.4, 0.5) is 0 Å². The molecule has 4 aliphatic carbocycles. The highest BCUT2D eigenvalue weighted by molar-refractivity contribution is 5.26. The van der Waals surface area contributed by atoms with E-state index < -0.39 is 121 Å². The van der Waals surface area contributed by atoms with Crippen LogP contribution < -0.4 is 0 Å². The Bertz CT molecular complexity index is 1430. The molecule has 3 aliphatic heterocycles. The van der Waals surface area contributed by atoms with Crippen LogP contribution in [-0.4, -0.2) is 183 Å². The molecule has 0 spiro atoms. The van der Waals surface area contributed by atoms with Crippen molar-refractivity contribution in [3.05, 3.63) is 0 Å². The molecule has 17 nitrogen and oxygen atoms in total. The minimum atomic E-state index is -1.76. The second kappa shape index (κ2) is 15.3. The van der Waals surface area contributed by atoms with Gasteiger partial charge in [-0.15, -0.1) is 0 Å². The first-order valence-electron chi connectivity index (χ1n) is 20.9. The molecule has 7 rings (SSSR count). The normalized spacial score (nSPS) is 54.4. The molecule has 7 aliphatic rings. The molecule has 7 fully saturated rings. The summed E-state index contributed by atoms with van der Waals surface area (Å²) in [4.78, 5) is 0. The molecule has 3 saturated heterocycles. The topological polar surface area (TPSA) is 292 Å². The number of ether oxygens (including phenoxy) is 5. The van der Waals surface area contributed by atoms with E-state index >= 15 is 0 Å². The Kier molecular flexibility index (Phi) is 11.9. The molecule has 0 radical (unpaired) electrons. The van der Waals surface area contributed by atoms with Crippen LogP contribution in [0.1, 0.15) is 86.5 Å². The van der Waals surface area contributed by atoms with E-state index in [9.17, 15) is 61.3 Å². The molecule has 0 amide bonds. The maximum absolute atomic E-state index is 12.7. The Labute approximate surface area is 333 Å². The smallest absolute Gasteiger partial charge is 0.186 e. The van der Waals surface area contributed by atoms with Crippen molar-refractivity contribution in [1.82, 2.24) is 0 Å². The van der Waals surface area contributed by atoms with Crippen LogP contribution in [0, 0.1) is 40.4 Å². The summed E-state index contributed by atoms with van der Waals surface area (Å²) in [5, 5.41) is 130.